The molecule has 0 saturated carbocycles. The summed E-state index contributed by atoms with van der Waals surface area (Å²) in [6, 6.07) is 0. The largest absolute Gasteiger partial charge is 0.381 e. The van der Waals surface area contributed by atoms with Crippen LogP contribution in [0.4, 0.5) is 0 Å². The molecule has 6 heteroatoms. The highest BCUT2D eigenvalue weighted by molar-refractivity contribution is 5.78. The van der Waals surface area contributed by atoms with E-state index in [4.69, 9.17) is 10.3 Å². The molecule has 1 aliphatic heterocycles. The maximum absolute atomic E-state index is 11.6. The summed E-state index contributed by atoms with van der Waals surface area (Å²) in [6.07, 6.45) is 2.31. The molecule has 1 fully saturated rings. The Bertz CT molecular complexity index is 244. The third-order valence-electron chi connectivity index (χ3n) is 2.39. The van der Waals surface area contributed by atoms with Crippen molar-refractivity contribution < 1.29 is 9.53 Å². The van der Waals surface area contributed by atoms with Gasteiger partial charge in [0.05, 0.1) is 0 Å². The predicted molar refractivity (Wildman–Crippen MR) is 55.2 cm³/mol. The lowest BCUT2D eigenvalue weighted by molar-refractivity contribution is -0.127. The van der Waals surface area contributed by atoms with Crippen LogP contribution in [-0.4, -0.2) is 32.2 Å². The van der Waals surface area contributed by atoms with Gasteiger partial charge in [-0.2, -0.15) is 0 Å². The predicted octanol–water partition coefficient (Wildman–Crippen LogP) is 1.23. The van der Waals surface area contributed by atoms with Crippen molar-refractivity contribution in [3.05, 3.63) is 10.4 Å². The third-order valence-corrected chi connectivity index (χ3v) is 2.39. The molecule has 0 unspecified atom stereocenters. The maximum Gasteiger partial charge on any atom is 0.223 e. The van der Waals surface area contributed by atoms with Crippen molar-refractivity contribution in [3.63, 3.8) is 0 Å². The molecule has 1 aliphatic rings. The van der Waals surface area contributed by atoms with Crippen LogP contribution in [0.3, 0.4) is 0 Å². The zero-order valence-electron chi connectivity index (χ0n) is 8.69. The Hall–Kier alpha value is -1.26. The van der Waals surface area contributed by atoms with E-state index in [0.29, 0.717) is 32.7 Å². The zero-order valence-corrected chi connectivity index (χ0v) is 8.69. The molecule has 0 aliphatic carbocycles. The van der Waals surface area contributed by atoms with Crippen LogP contribution in [0.1, 0.15) is 19.3 Å². The van der Waals surface area contributed by atoms with Gasteiger partial charge in [-0.05, 0) is 24.8 Å². The number of nitrogens with zero attached hydrogens (tertiary/aromatic N) is 3. The third kappa shape index (κ3) is 4.67. The van der Waals surface area contributed by atoms with E-state index in [9.17, 15) is 4.79 Å². The molecule has 0 aromatic carbocycles. The Kier molecular flexibility index (Phi) is 5.58. The molecule has 0 aromatic rings. The Morgan fingerprint density at radius 3 is 2.93 bits per heavy atom. The molecule has 0 spiro atoms. The lowest BCUT2D eigenvalue weighted by Gasteiger charge is -2.21. The van der Waals surface area contributed by atoms with Crippen LogP contribution < -0.4 is 5.32 Å². The number of rotatable bonds is 5. The number of hydrogen-bond acceptors (Lipinski definition) is 3. The molecule has 1 rings (SSSR count). The lowest BCUT2D eigenvalue weighted by atomic mass is 9.99. The highest BCUT2D eigenvalue weighted by atomic mass is 16.5. The van der Waals surface area contributed by atoms with Crippen molar-refractivity contribution in [1.82, 2.24) is 5.32 Å². The highest BCUT2D eigenvalue weighted by Crippen LogP contribution is 2.14. The number of nitrogens with one attached hydrogen (secondary N) is 1. The van der Waals surface area contributed by atoms with E-state index in [2.05, 4.69) is 15.3 Å². The average molecular weight is 212 g/mol. The van der Waals surface area contributed by atoms with Gasteiger partial charge in [-0.25, -0.2) is 0 Å². The molecule has 1 amide bonds. The Labute approximate surface area is 88.6 Å². The van der Waals surface area contributed by atoms with Crippen LogP contribution in [0, 0.1) is 5.92 Å². The Morgan fingerprint density at radius 1 is 1.53 bits per heavy atom. The molecule has 1 N–H and O–H groups in total. The van der Waals surface area contributed by atoms with Gasteiger partial charge < -0.3 is 10.1 Å². The zero-order chi connectivity index (χ0) is 10.9. The van der Waals surface area contributed by atoms with Crippen LogP contribution in [0.5, 0.6) is 0 Å². The van der Waals surface area contributed by atoms with Gasteiger partial charge in [0, 0.05) is 37.1 Å². The first-order valence-electron chi connectivity index (χ1n) is 5.21. The fraction of sp³-hybridized carbons (Fsp3) is 0.889. The highest BCUT2D eigenvalue weighted by Gasteiger charge is 2.20. The minimum absolute atomic E-state index is 0.0956. The van der Waals surface area contributed by atoms with E-state index in [1.165, 1.54) is 0 Å². The van der Waals surface area contributed by atoms with E-state index < -0.39 is 0 Å². The molecule has 1 saturated heterocycles. The van der Waals surface area contributed by atoms with Crippen molar-refractivity contribution in [2.75, 3.05) is 26.3 Å². The summed E-state index contributed by atoms with van der Waals surface area (Å²) in [4.78, 5) is 14.2. The summed E-state index contributed by atoms with van der Waals surface area (Å²) in [6.45, 7) is 2.37. The fourth-order valence-electron chi connectivity index (χ4n) is 1.51. The van der Waals surface area contributed by atoms with Gasteiger partial charge in [-0.15, -0.1) is 0 Å². The van der Waals surface area contributed by atoms with Crippen LogP contribution in [0.15, 0.2) is 5.11 Å². The number of azide groups is 1. The van der Waals surface area contributed by atoms with Crippen molar-refractivity contribution in [2.45, 2.75) is 19.3 Å². The monoisotopic (exact) mass is 212 g/mol. The Morgan fingerprint density at radius 2 is 2.27 bits per heavy atom. The Balaban J connectivity index is 2.09. The second kappa shape index (κ2) is 7.09. The van der Waals surface area contributed by atoms with E-state index >= 15 is 0 Å². The number of carbonyl (C=O) groups is 1. The van der Waals surface area contributed by atoms with E-state index in [1.54, 1.807) is 0 Å². The topological polar surface area (TPSA) is 87.1 Å². The molecule has 6 nitrogen and oxygen atoms in total. The van der Waals surface area contributed by atoms with Gasteiger partial charge in [0.15, 0.2) is 0 Å². The molecular weight excluding hydrogens is 196 g/mol. The minimum Gasteiger partial charge on any atom is -0.381 e. The molecule has 0 aromatic heterocycles. The first-order valence-corrected chi connectivity index (χ1v) is 5.21. The summed E-state index contributed by atoms with van der Waals surface area (Å²) in [5, 5.41) is 6.22. The van der Waals surface area contributed by atoms with Crippen molar-refractivity contribution >= 4 is 5.91 Å². The van der Waals surface area contributed by atoms with Crippen molar-refractivity contribution in [1.29, 1.82) is 0 Å². The quantitative estimate of drug-likeness (QED) is 0.321. The first kappa shape index (κ1) is 11.8. The van der Waals surface area contributed by atoms with Gasteiger partial charge in [0.25, 0.3) is 0 Å². The van der Waals surface area contributed by atoms with Gasteiger partial charge in [-0.3, -0.25) is 4.79 Å². The lowest BCUT2D eigenvalue weighted by Crippen LogP contribution is -2.34. The van der Waals surface area contributed by atoms with Gasteiger partial charge in [0.2, 0.25) is 5.91 Å². The van der Waals surface area contributed by atoms with Crippen molar-refractivity contribution in [3.8, 4) is 0 Å². The summed E-state index contributed by atoms with van der Waals surface area (Å²) >= 11 is 0. The number of hydrogen-bond donors (Lipinski definition) is 1. The molecule has 0 bridgehead atoms. The normalized spacial score (nSPS) is 16.8. The summed E-state index contributed by atoms with van der Waals surface area (Å²) in [5.41, 5.74) is 8.04. The SMILES string of the molecule is [N-]=[N+]=NCCCNC(=O)C1CCOCC1. The smallest absolute Gasteiger partial charge is 0.223 e. The van der Waals surface area contributed by atoms with Gasteiger partial charge >= 0.3 is 0 Å². The van der Waals surface area contributed by atoms with E-state index in [-0.39, 0.29) is 11.8 Å². The molecule has 0 radical (unpaired) electrons. The number of carbonyl (C=O) groups excluding carboxylic acids is 1. The maximum atomic E-state index is 11.6. The van der Waals surface area contributed by atoms with E-state index in [1.807, 2.05) is 0 Å². The minimum atomic E-state index is 0.0956. The second-order valence-corrected chi connectivity index (χ2v) is 3.49. The molecule has 1 heterocycles. The molecular formula is C9H16N4O2. The van der Waals surface area contributed by atoms with Gasteiger partial charge in [-0.1, -0.05) is 5.11 Å². The molecule has 84 valence electrons. The van der Waals surface area contributed by atoms with Crippen LogP contribution >= 0.6 is 0 Å². The van der Waals surface area contributed by atoms with Crippen LogP contribution in [0.25, 0.3) is 10.4 Å². The summed E-state index contributed by atoms with van der Waals surface area (Å²) in [5.74, 6) is 0.192. The summed E-state index contributed by atoms with van der Waals surface area (Å²) in [7, 11) is 0. The van der Waals surface area contributed by atoms with E-state index in [0.717, 1.165) is 12.8 Å². The van der Waals surface area contributed by atoms with Crippen LogP contribution in [-0.2, 0) is 9.53 Å². The van der Waals surface area contributed by atoms with Crippen molar-refractivity contribution in [2.24, 2.45) is 11.0 Å². The second-order valence-electron chi connectivity index (χ2n) is 3.49. The number of ether oxygens (including phenoxy) is 1. The first-order chi connectivity index (χ1) is 7.34. The molecule has 15 heavy (non-hydrogen) atoms. The number of amides is 1. The molecule has 0 atom stereocenters. The van der Waals surface area contributed by atoms with Gasteiger partial charge in [0.1, 0.15) is 0 Å². The fourth-order valence-corrected chi connectivity index (χ4v) is 1.51. The summed E-state index contributed by atoms with van der Waals surface area (Å²) < 4.78 is 5.17. The average Bonchev–Trinajstić information content (AvgIpc) is 2.30. The standard InChI is InChI=1S/C9H16N4O2/c10-13-12-5-1-4-11-9(14)8-2-6-15-7-3-8/h8H,1-7H2,(H,11,14). The van der Waals surface area contributed by atoms with Crippen LogP contribution in [0.2, 0.25) is 0 Å².